The summed E-state index contributed by atoms with van der Waals surface area (Å²) in [5, 5.41) is 8.74. The predicted molar refractivity (Wildman–Crippen MR) is 77.1 cm³/mol. The molecule has 1 aromatic carbocycles. The van der Waals surface area contributed by atoms with Gasteiger partial charge in [-0.2, -0.15) is 0 Å². The van der Waals surface area contributed by atoms with Crippen molar-refractivity contribution >= 4 is 16.0 Å². The van der Waals surface area contributed by atoms with Crippen molar-refractivity contribution in [3.05, 3.63) is 29.8 Å². The highest BCUT2D eigenvalue weighted by molar-refractivity contribution is 7.89. The Bertz CT molecular complexity index is 537. The summed E-state index contributed by atoms with van der Waals surface area (Å²) >= 11 is 0. The second kappa shape index (κ2) is 7.40. The van der Waals surface area contributed by atoms with Crippen LogP contribution < -0.4 is 4.72 Å². The molecular formula is C14H21NO4S. The zero-order valence-corrected chi connectivity index (χ0v) is 12.6. The van der Waals surface area contributed by atoms with Crippen molar-refractivity contribution in [1.29, 1.82) is 0 Å². The van der Waals surface area contributed by atoms with E-state index in [1.54, 1.807) is 31.2 Å². The van der Waals surface area contributed by atoms with Gasteiger partial charge in [-0.05, 0) is 30.5 Å². The molecule has 1 aromatic rings. The highest BCUT2D eigenvalue weighted by atomic mass is 32.2. The molecule has 0 fully saturated rings. The van der Waals surface area contributed by atoms with Crippen molar-refractivity contribution in [3.8, 4) is 0 Å². The first-order valence-electron chi connectivity index (χ1n) is 6.72. The van der Waals surface area contributed by atoms with Crippen molar-refractivity contribution in [3.63, 3.8) is 0 Å². The molecule has 1 unspecified atom stereocenters. The van der Waals surface area contributed by atoms with Crippen molar-refractivity contribution in [2.45, 2.75) is 50.5 Å². The molecule has 1 atom stereocenters. The number of hydrogen-bond donors (Lipinski definition) is 2. The first kappa shape index (κ1) is 16.7. The number of nitrogens with one attached hydrogen (secondary N) is 1. The molecule has 20 heavy (non-hydrogen) atoms. The summed E-state index contributed by atoms with van der Waals surface area (Å²) in [5.41, 5.74) is 1.09. The average Bonchev–Trinajstić information content (AvgIpc) is 2.38. The zero-order chi connectivity index (χ0) is 15.2. The third-order valence-corrected chi connectivity index (χ3v) is 4.54. The van der Waals surface area contributed by atoms with E-state index < -0.39 is 22.0 Å². The second-order valence-corrected chi connectivity index (χ2v) is 6.43. The Kier molecular flexibility index (Phi) is 6.16. The Morgan fingerprint density at radius 2 is 1.85 bits per heavy atom. The van der Waals surface area contributed by atoms with Gasteiger partial charge in [0, 0.05) is 6.04 Å². The molecule has 0 aromatic heterocycles. The number of hydrogen-bond acceptors (Lipinski definition) is 3. The molecule has 0 spiro atoms. The molecule has 5 nitrogen and oxygen atoms in total. The van der Waals surface area contributed by atoms with Crippen LogP contribution in [0.3, 0.4) is 0 Å². The van der Waals surface area contributed by atoms with Crippen LogP contribution in [0.4, 0.5) is 0 Å². The van der Waals surface area contributed by atoms with Crippen molar-refractivity contribution in [2.75, 3.05) is 0 Å². The van der Waals surface area contributed by atoms with Crippen LogP contribution in [0.2, 0.25) is 0 Å². The van der Waals surface area contributed by atoms with Crippen LogP contribution in [-0.2, 0) is 21.2 Å². The molecule has 0 aliphatic rings. The first-order valence-corrected chi connectivity index (χ1v) is 8.20. The number of aliphatic carboxylic acids is 1. The molecule has 0 saturated heterocycles. The van der Waals surface area contributed by atoms with Gasteiger partial charge >= 0.3 is 5.97 Å². The van der Waals surface area contributed by atoms with Crippen LogP contribution in [-0.4, -0.2) is 25.5 Å². The van der Waals surface area contributed by atoms with Gasteiger partial charge in [-0.3, -0.25) is 4.79 Å². The molecule has 0 radical (unpaired) electrons. The fraction of sp³-hybridized carbons (Fsp3) is 0.500. The van der Waals surface area contributed by atoms with E-state index in [9.17, 15) is 13.2 Å². The van der Waals surface area contributed by atoms with Gasteiger partial charge < -0.3 is 5.11 Å². The Morgan fingerprint density at radius 1 is 1.25 bits per heavy atom. The van der Waals surface area contributed by atoms with E-state index in [2.05, 4.69) is 11.6 Å². The maximum absolute atomic E-state index is 12.1. The lowest BCUT2D eigenvalue weighted by Gasteiger charge is -2.15. The molecule has 1 rings (SSSR count). The van der Waals surface area contributed by atoms with Crippen LogP contribution in [0.25, 0.3) is 0 Å². The summed E-state index contributed by atoms with van der Waals surface area (Å²) in [6, 6.07) is 6.10. The van der Waals surface area contributed by atoms with Crippen LogP contribution in [0.5, 0.6) is 0 Å². The van der Waals surface area contributed by atoms with Crippen molar-refractivity contribution in [2.24, 2.45) is 0 Å². The minimum Gasteiger partial charge on any atom is -0.481 e. The molecule has 0 amide bonds. The number of carboxylic acids is 1. The monoisotopic (exact) mass is 299 g/mol. The van der Waals surface area contributed by atoms with Gasteiger partial charge in [-0.25, -0.2) is 13.1 Å². The molecule has 0 aliphatic carbocycles. The van der Waals surface area contributed by atoms with E-state index in [0.717, 1.165) is 18.4 Å². The van der Waals surface area contributed by atoms with Crippen LogP contribution in [0.15, 0.2) is 29.2 Å². The van der Waals surface area contributed by atoms with Crippen LogP contribution in [0, 0.1) is 0 Å². The third-order valence-electron chi connectivity index (χ3n) is 3.01. The summed E-state index contributed by atoms with van der Waals surface area (Å²) < 4.78 is 26.7. The lowest BCUT2D eigenvalue weighted by atomic mass is 10.1. The average molecular weight is 299 g/mol. The fourth-order valence-electron chi connectivity index (χ4n) is 1.89. The van der Waals surface area contributed by atoms with Crippen LogP contribution in [0.1, 0.15) is 38.7 Å². The molecule has 0 aliphatic heterocycles. The topological polar surface area (TPSA) is 83.5 Å². The van der Waals surface area contributed by atoms with E-state index in [1.165, 1.54) is 0 Å². The van der Waals surface area contributed by atoms with Gasteiger partial charge in [-0.15, -0.1) is 0 Å². The molecule has 0 heterocycles. The highest BCUT2D eigenvalue weighted by Crippen LogP contribution is 2.13. The van der Waals surface area contributed by atoms with Gasteiger partial charge in [-0.1, -0.05) is 32.4 Å². The number of sulfonamides is 1. The summed E-state index contributed by atoms with van der Waals surface area (Å²) in [6.45, 7) is 3.81. The van der Waals surface area contributed by atoms with Crippen molar-refractivity contribution in [1.82, 2.24) is 4.72 Å². The summed E-state index contributed by atoms with van der Waals surface area (Å²) in [4.78, 5) is 10.8. The summed E-state index contributed by atoms with van der Waals surface area (Å²) in [5.74, 6) is -1.02. The number of rotatable bonds is 8. The van der Waals surface area contributed by atoms with E-state index in [-0.39, 0.29) is 11.3 Å². The van der Waals surface area contributed by atoms with Crippen molar-refractivity contribution < 1.29 is 18.3 Å². The SMILES string of the molecule is CCCc1ccc(S(=O)(=O)NC(CC)CC(=O)O)cc1. The lowest BCUT2D eigenvalue weighted by molar-refractivity contribution is -0.137. The highest BCUT2D eigenvalue weighted by Gasteiger charge is 2.20. The molecule has 6 heteroatoms. The Hall–Kier alpha value is -1.40. The maximum Gasteiger partial charge on any atom is 0.304 e. The largest absolute Gasteiger partial charge is 0.481 e. The quantitative estimate of drug-likeness (QED) is 0.770. The zero-order valence-electron chi connectivity index (χ0n) is 11.8. The molecule has 2 N–H and O–H groups in total. The number of carbonyl (C=O) groups is 1. The summed E-state index contributed by atoms with van der Waals surface area (Å²) in [6.07, 6.45) is 2.12. The van der Waals surface area contributed by atoms with E-state index in [4.69, 9.17) is 5.11 Å². The predicted octanol–water partition coefficient (Wildman–Crippen LogP) is 2.17. The lowest BCUT2D eigenvalue weighted by Crippen LogP contribution is -2.36. The Morgan fingerprint density at radius 3 is 2.30 bits per heavy atom. The smallest absolute Gasteiger partial charge is 0.304 e. The first-order chi connectivity index (χ1) is 9.39. The minimum atomic E-state index is -3.66. The summed E-state index contributed by atoms with van der Waals surface area (Å²) in [7, 11) is -3.66. The van der Waals surface area contributed by atoms with Gasteiger partial charge in [0.05, 0.1) is 11.3 Å². The van der Waals surface area contributed by atoms with Gasteiger partial charge in [0.1, 0.15) is 0 Å². The molecule has 0 saturated carbocycles. The number of benzene rings is 1. The standard InChI is InChI=1S/C14H21NO4S/c1-3-5-11-6-8-13(9-7-11)20(18,19)15-12(4-2)10-14(16)17/h6-9,12,15H,3-5,10H2,1-2H3,(H,16,17). The second-order valence-electron chi connectivity index (χ2n) is 4.72. The molecule has 112 valence electrons. The minimum absolute atomic E-state index is 0.168. The Balaban J connectivity index is 2.84. The van der Waals surface area contributed by atoms with Crippen LogP contribution >= 0.6 is 0 Å². The van der Waals surface area contributed by atoms with Gasteiger partial charge in [0.2, 0.25) is 10.0 Å². The normalized spacial score (nSPS) is 13.1. The third kappa shape index (κ3) is 4.94. The maximum atomic E-state index is 12.1. The van der Waals surface area contributed by atoms with Gasteiger partial charge in [0.25, 0.3) is 0 Å². The van der Waals surface area contributed by atoms with E-state index >= 15 is 0 Å². The Labute approximate surface area is 120 Å². The number of aryl methyl sites for hydroxylation is 1. The van der Waals surface area contributed by atoms with Gasteiger partial charge in [0.15, 0.2) is 0 Å². The van der Waals surface area contributed by atoms with E-state index in [1.807, 2.05) is 0 Å². The molecule has 0 bridgehead atoms. The van der Waals surface area contributed by atoms with E-state index in [0.29, 0.717) is 6.42 Å². The number of carboxylic acid groups (broad SMARTS) is 1. The molecular weight excluding hydrogens is 278 g/mol. The fourth-order valence-corrected chi connectivity index (χ4v) is 3.21.